The molecule has 1 unspecified atom stereocenters. The highest BCUT2D eigenvalue weighted by atomic mass is 127. The Kier molecular flexibility index (Phi) is 10.1. The maximum absolute atomic E-state index is 12.1. The Labute approximate surface area is 184 Å². The fraction of sp³-hybridized carbons (Fsp3) is 0.429. The Morgan fingerprint density at radius 1 is 1.14 bits per heavy atom. The summed E-state index contributed by atoms with van der Waals surface area (Å²) in [6.07, 6.45) is 2.40. The first-order valence-corrected chi connectivity index (χ1v) is 9.27. The van der Waals surface area contributed by atoms with Crippen LogP contribution in [0.25, 0.3) is 0 Å². The van der Waals surface area contributed by atoms with Gasteiger partial charge in [0.15, 0.2) is 5.96 Å². The number of guanidine groups is 1. The van der Waals surface area contributed by atoms with Crippen molar-refractivity contribution < 1.29 is 9.21 Å². The molecule has 154 valence electrons. The summed E-state index contributed by atoms with van der Waals surface area (Å²) >= 11 is 0. The van der Waals surface area contributed by atoms with Crippen LogP contribution in [0.15, 0.2) is 58.1 Å². The number of amides is 1. The third-order valence-electron chi connectivity index (χ3n) is 3.79. The van der Waals surface area contributed by atoms with Crippen LogP contribution >= 0.6 is 24.0 Å². The van der Waals surface area contributed by atoms with Gasteiger partial charge >= 0.3 is 0 Å². The van der Waals surface area contributed by atoms with Crippen molar-refractivity contribution in [3.63, 3.8) is 0 Å². The van der Waals surface area contributed by atoms with Crippen LogP contribution in [0.5, 0.6) is 0 Å². The van der Waals surface area contributed by atoms with Crippen LogP contribution in [0.1, 0.15) is 45.1 Å². The highest BCUT2D eigenvalue weighted by molar-refractivity contribution is 14.0. The van der Waals surface area contributed by atoms with Gasteiger partial charge in [0, 0.05) is 18.5 Å². The van der Waals surface area contributed by atoms with Gasteiger partial charge in [0.1, 0.15) is 12.3 Å². The lowest BCUT2D eigenvalue weighted by atomic mass is 10.1. The van der Waals surface area contributed by atoms with Crippen molar-refractivity contribution in [2.75, 3.05) is 13.1 Å². The topological polar surface area (TPSA) is 78.7 Å². The second-order valence-electron chi connectivity index (χ2n) is 7.50. The maximum atomic E-state index is 12.1. The molecule has 1 aromatic carbocycles. The zero-order valence-electron chi connectivity index (χ0n) is 17.0. The van der Waals surface area contributed by atoms with E-state index >= 15 is 0 Å². The predicted octanol–water partition coefficient (Wildman–Crippen LogP) is 3.65. The number of nitrogens with one attached hydrogen (secondary N) is 3. The predicted molar refractivity (Wildman–Crippen MR) is 124 cm³/mol. The summed E-state index contributed by atoms with van der Waals surface area (Å²) in [5.41, 5.74) is 0.877. The van der Waals surface area contributed by atoms with E-state index in [1.807, 2.05) is 51.1 Å². The summed E-state index contributed by atoms with van der Waals surface area (Å²) in [5, 5.41) is 9.56. The summed E-state index contributed by atoms with van der Waals surface area (Å²) in [6.45, 7) is 8.64. The molecule has 1 heterocycles. The summed E-state index contributed by atoms with van der Waals surface area (Å²) in [7, 11) is 0. The van der Waals surface area contributed by atoms with E-state index in [0.717, 1.165) is 17.7 Å². The van der Waals surface area contributed by atoms with Gasteiger partial charge in [-0.15, -0.1) is 24.0 Å². The molecule has 0 saturated heterocycles. The van der Waals surface area contributed by atoms with Crippen LogP contribution < -0.4 is 16.0 Å². The number of rotatable bonds is 7. The molecule has 1 atom stereocenters. The Morgan fingerprint density at radius 2 is 1.86 bits per heavy atom. The van der Waals surface area contributed by atoms with E-state index in [9.17, 15) is 4.79 Å². The van der Waals surface area contributed by atoms with E-state index in [-0.39, 0.29) is 48.0 Å². The molecule has 0 aliphatic heterocycles. The lowest BCUT2D eigenvalue weighted by molar-refractivity contribution is -0.121. The Bertz CT molecular complexity index is 725. The van der Waals surface area contributed by atoms with Gasteiger partial charge < -0.3 is 20.4 Å². The molecule has 0 radical (unpaired) electrons. The van der Waals surface area contributed by atoms with Crippen LogP contribution in [-0.4, -0.2) is 30.5 Å². The quantitative estimate of drug-likeness (QED) is 0.310. The van der Waals surface area contributed by atoms with Crippen LogP contribution in [-0.2, 0) is 11.2 Å². The van der Waals surface area contributed by atoms with Crippen LogP contribution in [0.2, 0.25) is 0 Å². The Hall–Kier alpha value is -2.03. The molecule has 0 bridgehead atoms. The van der Waals surface area contributed by atoms with E-state index < -0.39 is 0 Å². The first-order chi connectivity index (χ1) is 12.8. The highest BCUT2D eigenvalue weighted by Crippen LogP contribution is 2.10. The minimum Gasteiger partial charge on any atom is -0.469 e. The number of halogens is 1. The molecule has 0 aliphatic rings. The molecule has 0 saturated carbocycles. The van der Waals surface area contributed by atoms with Gasteiger partial charge in [-0.25, -0.2) is 4.99 Å². The van der Waals surface area contributed by atoms with E-state index in [2.05, 4.69) is 40.0 Å². The van der Waals surface area contributed by atoms with Crippen molar-refractivity contribution >= 4 is 35.8 Å². The standard InChI is InChI=1S/C21H30N4O2.HI/c1-16(17-9-6-5-7-10-17)24-20(22-13-12-18-11-8-14-27-18)23-15-19(26)25-21(2,3)4;/h5-11,14,16H,12-13,15H2,1-4H3,(H,25,26)(H2,22,23,24);1H. The van der Waals surface area contributed by atoms with Gasteiger partial charge in [-0.2, -0.15) is 0 Å². The number of furan rings is 1. The van der Waals surface area contributed by atoms with Crippen LogP contribution in [0.3, 0.4) is 0 Å². The third kappa shape index (κ3) is 9.25. The molecule has 3 N–H and O–H groups in total. The number of hydrogen-bond acceptors (Lipinski definition) is 3. The lowest BCUT2D eigenvalue weighted by Crippen LogP contribution is -2.43. The van der Waals surface area contributed by atoms with Gasteiger partial charge in [-0.3, -0.25) is 4.79 Å². The number of carbonyl (C=O) groups is 1. The first-order valence-electron chi connectivity index (χ1n) is 9.27. The average Bonchev–Trinajstić information content (AvgIpc) is 3.12. The molecule has 6 nitrogen and oxygen atoms in total. The molecular formula is C21H31IN4O2. The minimum atomic E-state index is -0.274. The van der Waals surface area contributed by atoms with Gasteiger partial charge in [0.05, 0.1) is 12.3 Å². The van der Waals surface area contributed by atoms with Crippen LogP contribution in [0.4, 0.5) is 0 Å². The zero-order valence-corrected chi connectivity index (χ0v) is 19.3. The highest BCUT2D eigenvalue weighted by Gasteiger charge is 2.14. The third-order valence-corrected chi connectivity index (χ3v) is 3.79. The van der Waals surface area contributed by atoms with Gasteiger partial charge in [-0.1, -0.05) is 30.3 Å². The monoisotopic (exact) mass is 498 g/mol. The Balaban J connectivity index is 0.00000392. The summed E-state index contributed by atoms with van der Waals surface area (Å²) < 4.78 is 5.35. The zero-order chi connectivity index (χ0) is 19.7. The molecule has 2 aromatic rings. The molecule has 28 heavy (non-hydrogen) atoms. The Morgan fingerprint density at radius 3 is 2.46 bits per heavy atom. The summed E-state index contributed by atoms with van der Waals surface area (Å²) in [4.78, 5) is 16.5. The number of carbonyl (C=O) groups excluding carboxylic acids is 1. The van der Waals surface area contributed by atoms with E-state index in [1.54, 1.807) is 6.26 Å². The average molecular weight is 498 g/mol. The fourth-order valence-electron chi connectivity index (χ4n) is 2.55. The van der Waals surface area contributed by atoms with Crippen molar-refractivity contribution in [1.82, 2.24) is 16.0 Å². The van der Waals surface area contributed by atoms with Crippen molar-refractivity contribution in [3.05, 3.63) is 60.1 Å². The first kappa shape index (κ1) is 24.0. The molecule has 0 spiro atoms. The fourth-order valence-corrected chi connectivity index (χ4v) is 2.55. The second-order valence-corrected chi connectivity index (χ2v) is 7.50. The molecule has 0 aliphatic carbocycles. The normalized spacial score (nSPS) is 12.6. The second kappa shape index (κ2) is 11.7. The van der Waals surface area contributed by atoms with Crippen molar-refractivity contribution in [3.8, 4) is 0 Å². The molecule has 2 rings (SSSR count). The minimum absolute atomic E-state index is 0. The van der Waals surface area contributed by atoms with E-state index in [4.69, 9.17) is 4.42 Å². The van der Waals surface area contributed by atoms with Crippen molar-refractivity contribution in [1.29, 1.82) is 0 Å². The summed E-state index contributed by atoms with van der Waals surface area (Å²) in [6, 6.07) is 14.0. The largest absolute Gasteiger partial charge is 0.469 e. The summed E-state index contributed by atoms with van der Waals surface area (Å²) in [5.74, 6) is 1.40. The van der Waals surface area contributed by atoms with E-state index in [0.29, 0.717) is 12.5 Å². The van der Waals surface area contributed by atoms with Crippen molar-refractivity contribution in [2.24, 2.45) is 4.99 Å². The van der Waals surface area contributed by atoms with Crippen molar-refractivity contribution in [2.45, 2.75) is 45.7 Å². The molecule has 1 aromatic heterocycles. The number of aliphatic imine (C=N–C) groups is 1. The SMILES string of the molecule is CC(NC(=NCC(=O)NC(C)(C)C)NCCc1ccco1)c1ccccc1.I. The lowest BCUT2D eigenvalue weighted by Gasteiger charge is -2.21. The molecule has 1 amide bonds. The van der Waals surface area contributed by atoms with Crippen LogP contribution in [0, 0.1) is 0 Å². The number of benzene rings is 1. The molecule has 7 heteroatoms. The van der Waals surface area contributed by atoms with Gasteiger partial charge in [0.2, 0.25) is 5.91 Å². The number of nitrogens with zero attached hydrogens (tertiary/aromatic N) is 1. The van der Waals surface area contributed by atoms with E-state index in [1.165, 1.54) is 0 Å². The van der Waals surface area contributed by atoms with Gasteiger partial charge in [-0.05, 0) is 45.4 Å². The molecule has 0 fully saturated rings. The maximum Gasteiger partial charge on any atom is 0.242 e. The number of hydrogen-bond donors (Lipinski definition) is 3. The smallest absolute Gasteiger partial charge is 0.242 e. The van der Waals surface area contributed by atoms with Gasteiger partial charge in [0.25, 0.3) is 0 Å². The molecular weight excluding hydrogens is 467 g/mol.